The third-order valence-electron chi connectivity index (χ3n) is 2.89. The lowest BCUT2D eigenvalue weighted by Gasteiger charge is -2.32. The van der Waals surface area contributed by atoms with Crippen molar-refractivity contribution in [1.29, 1.82) is 0 Å². The molecule has 2 rings (SSSR count). The molecule has 1 atom stereocenters. The van der Waals surface area contributed by atoms with E-state index in [1.807, 2.05) is 4.98 Å². The van der Waals surface area contributed by atoms with Crippen LogP contribution in [0.4, 0.5) is 0 Å². The summed E-state index contributed by atoms with van der Waals surface area (Å²) in [7, 11) is -4.23. The highest BCUT2D eigenvalue weighted by atomic mass is 32.2. The SMILES string of the molecule is NC(=O)C1CNCCN1S(=O)(=O)c1c[nH]c(=O)[nH]c1=O. The number of amides is 1. The van der Waals surface area contributed by atoms with Crippen LogP contribution in [0.15, 0.2) is 20.7 Å². The molecular weight excluding hydrogens is 290 g/mol. The molecule has 1 saturated heterocycles. The van der Waals surface area contributed by atoms with Crippen molar-refractivity contribution in [3.8, 4) is 0 Å². The lowest BCUT2D eigenvalue weighted by atomic mass is 10.2. The second-order valence-electron chi connectivity index (χ2n) is 4.17. The van der Waals surface area contributed by atoms with Gasteiger partial charge in [-0.05, 0) is 0 Å². The predicted octanol–water partition coefficient (Wildman–Crippen LogP) is -3.49. The van der Waals surface area contributed by atoms with Gasteiger partial charge in [-0.3, -0.25) is 14.6 Å². The first-order chi connectivity index (χ1) is 9.34. The standard InChI is InChI=1S/C9H13N5O5S/c10-7(15)5-3-11-1-2-14(5)20(18,19)6-4-12-9(17)13-8(6)16/h4-5,11H,1-3H2,(H2,10,15)(H2,12,13,16,17). The van der Waals surface area contributed by atoms with E-state index < -0.39 is 38.1 Å². The van der Waals surface area contributed by atoms with Crippen LogP contribution in [0.2, 0.25) is 0 Å². The number of aromatic amines is 2. The zero-order valence-corrected chi connectivity index (χ0v) is 11.1. The minimum atomic E-state index is -4.23. The summed E-state index contributed by atoms with van der Waals surface area (Å²) < 4.78 is 25.6. The van der Waals surface area contributed by atoms with E-state index >= 15 is 0 Å². The average molecular weight is 303 g/mol. The van der Waals surface area contributed by atoms with Crippen molar-refractivity contribution >= 4 is 15.9 Å². The topological polar surface area (TPSA) is 158 Å². The highest BCUT2D eigenvalue weighted by molar-refractivity contribution is 7.89. The Morgan fingerprint density at radius 2 is 2.10 bits per heavy atom. The van der Waals surface area contributed by atoms with E-state index in [0.29, 0.717) is 6.54 Å². The van der Waals surface area contributed by atoms with Gasteiger partial charge in [0.25, 0.3) is 15.6 Å². The first-order valence-electron chi connectivity index (χ1n) is 5.68. The number of hydrogen-bond acceptors (Lipinski definition) is 6. The summed E-state index contributed by atoms with van der Waals surface area (Å²) in [5, 5.41) is 2.84. The Kier molecular flexibility index (Phi) is 3.74. The Balaban J connectivity index is 2.50. The molecule has 0 saturated carbocycles. The molecule has 0 bridgehead atoms. The maximum Gasteiger partial charge on any atom is 0.325 e. The number of hydrogen-bond donors (Lipinski definition) is 4. The van der Waals surface area contributed by atoms with Crippen molar-refractivity contribution in [3.63, 3.8) is 0 Å². The van der Waals surface area contributed by atoms with E-state index in [4.69, 9.17) is 5.73 Å². The monoisotopic (exact) mass is 303 g/mol. The van der Waals surface area contributed by atoms with E-state index in [0.717, 1.165) is 10.5 Å². The van der Waals surface area contributed by atoms with Crippen LogP contribution < -0.4 is 22.3 Å². The molecule has 1 fully saturated rings. The molecule has 1 aromatic heterocycles. The number of nitrogens with one attached hydrogen (secondary N) is 3. The second kappa shape index (κ2) is 5.19. The van der Waals surface area contributed by atoms with Crippen LogP contribution in [-0.4, -0.2) is 54.3 Å². The largest absolute Gasteiger partial charge is 0.368 e. The highest BCUT2D eigenvalue weighted by Gasteiger charge is 2.38. The third-order valence-corrected chi connectivity index (χ3v) is 4.81. The van der Waals surface area contributed by atoms with Gasteiger partial charge in [0.15, 0.2) is 4.90 Å². The number of sulfonamides is 1. The summed E-state index contributed by atoms with van der Waals surface area (Å²) in [6.45, 7) is 0.384. The van der Waals surface area contributed by atoms with Crippen LogP contribution in [0.3, 0.4) is 0 Å². The maximum atomic E-state index is 12.4. The Hall–Kier alpha value is -1.98. The van der Waals surface area contributed by atoms with Gasteiger partial charge < -0.3 is 16.0 Å². The van der Waals surface area contributed by atoms with Crippen LogP contribution in [0.25, 0.3) is 0 Å². The van der Waals surface area contributed by atoms with Crippen molar-refractivity contribution in [2.45, 2.75) is 10.9 Å². The summed E-state index contributed by atoms with van der Waals surface area (Å²) in [5.41, 5.74) is 3.30. The fourth-order valence-corrected chi connectivity index (χ4v) is 3.52. The lowest BCUT2D eigenvalue weighted by Crippen LogP contribution is -2.59. The number of aromatic nitrogens is 2. The molecule has 1 aliphatic heterocycles. The van der Waals surface area contributed by atoms with Gasteiger partial charge in [0.05, 0.1) is 0 Å². The Morgan fingerprint density at radius 1 is 1.40 bits per heavy atom. The van der Waals surface area contributed by atoms with Gasteiger partial charge >= 0.3 is 5.69 Å². The Labute approximate surface area is 113 Å². The number of carbonyl (C=O) groups is 1. The normalized spacial score (nSPS) is 20.7. The molecule has 1 amide bonds. The first-order valence-corrected chi connectivity index (χ1v) is 7.12. The van der Waals surface area contributed by atoms with Crippen molar-refractivity contribution < 1.29 is 13.2 Å². The number of nitrogens with two attached hydrogens (primary N) is 1. The van der Waals surface area contributed by atoms with E-state index in [2.05, 4.69) is 10.3 Å². The van der Waals surface area contributed by atoms with Gasteiger partial charge in [0, 0.05) is 25.8 Å². The molecule has 1 aliphatic rings. The van der Waals surface area contributed by atoms with Gasteiger partial charge in [0.2, 0.25) is 5.91 Å². The van der Waals surface area contributed by atoms with Crippen LogP contribution in [0, 0.1) is 0 Å². The minimum absolute atomic E-state index is 0.00545. The molecule has 1 aromatic rings. The summed E-state index contributed by atoms with van der Waals surface area (Å²) in [5.74, 6) is -0.818. The van der Waals surface area contributed by atoms with E-state index in [1.54, 1.807) is 0 Å². The molecule has 1 unspecified atom stereocenters. The van der Waals surface area contributed by atoms with Gasteiger partial charge in [-0.15, -0.1) is 0 Å². The molecular formula is C9H13N5O5S. The highest BCUT2D eigenvalue weighted by Crippen LogP contribution is 2.15. The number of nitrogens with zero attached hydrogens (tertiary/aromatic N) is 1. The van der Waals surface area contributed by atoms with Gasteiger partial charge in [-0.2, -0.15) is 4.31 Å². The van der Waals surface area contributed by atoms with Gasteiger partial charge in [-0.1, -0.05) is 0 Å². The molecule has 0 aliphatic carbocycles. The van der Waals surface area contributed by atoms with Crippen LogP contribution >= 0.6 is 0 Å². The first kappa shape index (κ1) is 14.4. The zero-order valence-electron chi connectivity index (χ0n) is 10.3. The molecule has 2 heterocycles. The summed E-state index contributed by atoms with van der Waals surface area (Å²) in [6.07, 6.45) is 0.802. The fourth-order valence-electron chi connectivity index (χ4n) is 1.93. The van der Waals surface area contributed by atoms with Crippen LogP contribution in [0.1, 0.15) is 0 Å². The van der Waals surface area contributed by atoms with Crippen molar-refractivity contribution in [2.24, 2.45) is 5.73 Å². The minimum Gasteiger partial charge on any atom is -0.368 e. The molecule has 110 valence electrons. The maximum absolute atomic E-state index is 12.4. The number of carbonyl (C=O) groups excluding carboxylic acids is 1. The Bertz CT molecular complexity index is 736. The number of primary amides is 1. The summed E-state index contributed by atoms with van der Waals surface area (Å²) in [4.78, 5) is 37.1. The molecule has 20 heavy (non-hydrogen) atoms. The molecule has 11 heteroatoms. The lowest BCUT2D eigenvalue weighted by molar-refractivity contribution is -0.122. The average Bonchev–Trinajstić information content (AvgIpc) is 2.38. The van der Waals surface area contributed by atoms with Crippen molar-refractivity contribution in [3.05, 3.63) is 27.0 Å². The number of rotatable bonds is 3. The summed E-state index contributed by atoms with van der Waals surface area (Å²) in [6, 6.07) is -1.08. The van der Waals surface area contributed by atoms with E-state index in [1.165, 1.54) is 0 Å². The van der Waals surface area contributed by atoms with E-state index in [-0.39, 0.29) is 13.1 Å². The van der Waals surface area contributed by atoms with Crippen molar-refractivity contribution in [2.75, 3.05) is 19.6 Å². The molecule has 5 N–H and O–H groups in total. The quantitative estimate of drug-likeness (QED) is 0.453. The number of piperazine rings is 1. The number of H-pyrrole nitrogens is 2. The Morgan fingerprint density at radius 3 is 2.70 bits per heavy atom. The van der Waals surface area contributed by atoms with Gasteiger partial charge in [-0.25, -0.2) is 13.2 Å². The zero-order chi connectivity index (χ0) is 14.9. The molecule has 0 aromatic carbocycles. The molecule has 0 spiro atoms. The van der Waals surface area contributed by atoms with Crippen LogP contribution in [-0.2, 0) is 14.8 Å². The predicted molar refractivity (Wildman–Crippen MR) is 67.4 cm³/mol. The van der Waals surface area contributed by atoms with Crippen LogP contribution in [0.5, 0.6) is 0 Å². The van der Waals surface area contributed by atoms with E-state index in [9.17, 15) is 22.8 Å². The smallest absolute Gasteiger partial charge is 0.325 e. The summed E-state index contributed by atoms with van der Waals surface area (Å²) >= 11 is 0. The van der Waals surface area contributed by atoms with Gasteiger partial charge in [0.1, 0.15) is 6.04 Å². The molecule has 10 nitrogen and oxygen atoms in total. The molecule has 0 radical (unpaired) electrons. The third kappa shape index (κ3) is 2.50. The second-order valence-corrected chi connectivity index (χ2v) is 6.03. The van der Waals surface area contributed by atoms with Crippen molar-refractivity contribution in [1.82, 2.24) is 19.6 Å². The fraction of sp³-hybridized carbons (Fsp3) is 0.444.